The molecule has 1 aromatic heterocycles. The zero-order valence-corrected chi connectivity index (χ0v) is 9.73. The summed E-state index contributed by atoms with van der Waals surface area (Å²) in [6.45, 7) is 4.67. The molecule has 1 unspecified atom stereocenters. The highest BCUT2D eigenvalue weighted by atomic mass is 32.2. The molecule has 0 aliphatic carbocycles. The van der Waals surface area contributed by atoms with Crippen molar-refractivity contribution in [2.75, 3.05) is 12.0 Å². The van der Waals surface area contributed by atoms with Crippen LogP contribution in [-0.4, -0.2) is 28.2 Å². The van der Waals surface area contributed by atoms with Crippen LogP contribution in [-0.2, 0) is 6.54 Å². The van der Waals surface area contributed by atoms with Crippen LogP contribution in [0.2, 0.25) is 0 Å². The Bertz CT molecular complexity index is 264. The second kappa shape index (κ2) is 6.03. The number of aromatic nitrogens is 2. The molecule has 0 aliphatic heterocycles. The first-order valence-corrected chi connectivity index (χ1v) is 6.17. The predicted octanol–water partition coefficient (Wildman–Crippen LogP) is 1.61. The van der Waals surface area contributed by atoms with Crippen LogP contribution in [0.25, 0.3) is 0 Å². The molecule has 0 bridgehead atoms. The second-order valence-electron chi connectivity index (χ2n) is 3.17. The van der Waals surface area contributed by atoms with Crippen LogP contribution >= 0.6 is 11.8 Å². The number of nitrogens with one attached hydrogen (secondary N) is 1. The summed E-state index contributed by atoms with van der Waals surface area (Å²) >= 11 is 1.85. The average molecular weight is 215 g/mol. The van der Waals surface area contributed by atoms with Crippen LogP contribution in [0.4, 0.5) is 0 Å². The summed E-state index contributed by atoms with van der Waals surface area (Å²) in [5.74, 6) is 2.48. The summed E-state index contributed by atoms with van der Waals surface area (Å²) in [6.07, 6.45) is 3.24. The quantitative estimate of drug-likeness (QED) is 0.781. The Morgan fingerprint density at radius 1 is 1.57 bits per heavy atom. The maximum Gasteiger partial charge on any atom is 0.223 e. The predicted molar refractivity (Wildman–Crippen MR) is 58.3 cm³/mol. The third-order valence-electron chi connectivity index (χ3n) is 1.98. The molecule has 0 aliphatic rings. The normalized spacial score (nSPS) is 13.1. The molecule has 0 aromatic carbocycles. The van der Waals surface area contributed by atoms with E-state index in [-0.39, 0.29) is 0 Å². The van der Waals surface area contributed by atoms with E-state index >= 15 is 0 Å². The van der Waals surface area contributed by atoms with Crippen molar-refractivity contribution in [3.05, 3.63) is 11.7 Å². The lowest BCUT2D eigenvalue weighted by Gasteiger charge is -2.13. The minimum atomic E-state index is 0.531. The topological polar surface area (TPSA) is 51.0 Å². The minimum absolute atomic E-state index is 0.531. The summed E-state index contributed by atoms with van der Waals surface area (Å²) < 4.78 is 4.88. The number of nitrogens with zero attached hydrogens (tertiary/aromatic N) is 2. The van der Waals surface area contributed by atoms with Gasteiger partial charge in [0.25, 0.3) is 0 Å². The number of thioether (sulfide) groups is 1. The van der Waals surface area contributed by atoms with Gasteiger partial charge in [-0.15, -0.1) is 0 Å². The Morgan fingerprint density at radius 3 is 2.86 bits per heavy atom. The third-order valence-corrected chi connectivity index (χ3v) is 2.71. The minimum Gasteiger partial charge on any atom is -0.340 e. The molecular weight excluding hydrogens is 198 g/mol. The second-order valence-corrected chi connectivity index (χ2v) is 4.08. The number of hydrogen-bond acceptors (Lipinski definition) is 5. The van der Waals surface area contributed by atoms with E-state index in [0.717, 1.165) is 18.0 Å². The Balaban J connectivity index is 2.31. The zero-order chi connectivity index (χ0) is 10.4. The Hall–Kier alpha value is -0.550. The first kappa shape index (κ1) is 11.5. The Morgan fingerprint density at radius 2 is 2.36 bits per heavy atom. The summed E-state index contributed by atoms with van der Waals surface area (Å²) in [5.41, 5.74) is 0. The molecule has 1 heterocycles. The molecule has 1 atom stereocenters. The van der Waals surface area contributed by atoms with Gasteiger partial charge in [0.1, 0.15) is 0 Å². The van der Waals surface area contributed by atoms with Crippen molar-refractivity contribution in [1.29, 1.82) is 0 Å². The van der Waals surface area contributed by atoms with Crippen LogP contribution in [0.1, 0.15) is 25.1 Å². The van der Waals surface area contributed by atoms with E-state index in [1.807, 2.05) is 11.8 Å². The fourth-order valence-electron chi connectivity index (χ4n) is 1.17. The Kier molecular flexibility index (Phi) is 4.97. The van der Waals surface area contributed by atoms with E-state index in [9.17, 15) is 0 Å². The fraction of sp³-hybridized carbons (Fsp3) is 0.778. The number of aryl methyl sites for hydroxylation is 1. The van der Waals surface area contributed by atoms with Crippen LogP contribution < -0.4 is 5.32 Å². The monoisotopic (exact) mass is 215 g/mol. The number of rotatable bonds is 6. The molecule has 0 saturated carbocycles. The fourth-order valence-corrected chi connectivity index (χ4v) is 1.93. The van der Waals surface area contributed by atoms with Gasteiger partial charge in [-0.2, -0.15) is 16.7 Å². The van der Waals surface area contributed by atoms with Crippen LogP contribution in [0.5, 0.6) is 0 Å². The van der Waals surface area contributed by atoms with Gasteiger partial charge in [-0.1, -0.05) is 12.1 Å². The smallest absolute Gasteiger partial charge is 0.223 e. The third kappa shape index (κ3) is 3.67. The van der Waals surface area contributed by atoms with Gasteiger partial charge in [0.15, 0.2) is 5.82 Å². The molecule has 80 valence electrons. The van der Waals surface area contributed by atoms with Crippen LogP contribution in [0.15, 0.2) is 4.52 Å². The molecule has 1 rings (SSSR count). The largest absolute Gasteiger partial charge is 0.340 e. The highest BCUT2D eigenvalue weighted by molar-refractivity contribution is 7.98. The van der Waals surface area contributed by atoms with Crippen molar-refractivity contribution < 1.29 is 4.52 Å². The molecule has 0 radical (unpaired) electrons. The van der Waals surface area contributed by atoms with E-state index in [2.05, 4.69) is 28.6 Å². The lowest BCUT2D eigenvalue weighted by Crippen LogP contribution is -2.30. The summed E-state index contributed by atoms with van der Waals surface area (Å²) in [5, 5.41) is 7.22. The van der Waals surface area contributed by atoms with Gasteiger partial charge < -0.3 is 9.84 Å². The summed E-state index contributed by atoms with van der Waals surface area (Å²) in [4.78, 5) is 4.13. The van der Waals surface area contributed by atoms with Gasteiger partial charge in [0, 0.05) is 18.7 Å². The van der Waals surface area contributed by atoms with Gasteiger partial charge in [-0.3, -0.25) is 0 Å². The van der Waals surface area contributed by atoms with E-state index in [1.54, 1.807) is 6.92 Å². The van der Waals surface area contributed by atoms with Gasteiger partial charge in [0.05, 0.1) is 6.54 Å². The highest BCUT2D eigenvalue weighted by Gasteiger charge is 2.07. The van der Waals surface area contributed by atoms with Crippen molar-refractivity contribution in [3.63, 3.8) is 0 Å². The van der Waals surface area contributed by atoms with E-state index in [4.69, 9.17) is 4.52 Å². The maximum absolute atomic E-state index is 4.88. The first-order chi connectivity index (χ1) is 6.76. The van der Waals surface area contributed by atoms with Crippen molar-refractivity contribution in [2.24, 2.45) is 0 Å². The Labute approximate surface area is 88.8 Å². The molecular formula is C9H17N3OS. The molecule has 0 fully saturated rings. The molecule has 0 saturated heterocycles. The highest BCUT2D eigenvalue weighted by Crippen LogP contribution is 2.02. The van der Waals surface area contributed by atoms with Crippen molar-refractivity contribution in [2.45, 2.75) is 32.9 Å². The van der Waals surface area contributed by atoms with Crippen LogP contribution in [0, 0.1) is 6.92 Å². The molecule has 1 N–H and O–H groups in total. The first-order valence-electron chi connectivity index (χ1n) is 4.77. The molecule has 5 heteroatoms. The van der Waals surface area contributed by atoms with Gasteiger partial charge in [-0.05, 0) is 12.7 Å². The molecule has 4 nitrogen and oxygen atoms in total. The molecule has 1 aromatic rings. The van der Waals surface area contributed by atoms with Gasteiger partial charge >= 0.3 is 0 Å². The molecule has 0 amide bonds. The van der Waals surface area contributed by atoms with Gasteiger partial charge in [0.2, 0.25) is 5.89 Å². The average Bonchev–Trinajstić information content (AvgIpc) is 2.59. The molecule has 0 spiro atoms. The van der Waals surface area contributed by atoms with E-state index < -0.39 is 0 Å². The lowest BCUT2D eigenvalue weighted by atomic mass is 10.2. The molecule has 14 heavy (non-hydrogen) atoms. The summed E-state index contributed by atoms with van der Waals surface area (Å²) in [6, 6.07) is 0.531. The standard InChI is InChI=1S/C9H17N3OS/c1-4-8(6-14-3)10-5-9-11-7(2)13-12-9/h8,10H,4-6H2,1-3H3. The zero-order valence-electron chi connectivity index (χ0n) is 8.91. The van der Waals surface area contributed by atoms with Gasteiger partial charge in [-0.25, -0.2) is 0 Å². The lowest BCUT2D eigenvalue weighted by molar-refractivity contribution is 0.383. The SMILES string of the molecule is CCC(CSC)NCc1noc(C)n1. The van der Waals surface area contributed by atoms with Crippen LogP contribution in [0.3, 0.4) is 0 Å². The maximum atomic E-state index is 4.88. The van der Waals surface area contributed by atoms with E-state index in [0.29, 0.717) is 18.5 Å². The van der Waals surface area contributed by atoms with Crippen molar-refractivity contribution in [1.82, 2.24) is 15.5 Å². The number of hydrogen-bond donors (Lipinski definition) is 1. The van der Waals surface area contributed by atoms with Crippen molar-refractivity contribution >= 4 is 11.8 Å². The summed E-state index contributed by atoms with van der Waals surface area (Å²) in [7, 11) is 0. The van der Waals surface area contributed by atoms with E-state index in [1.165, 1.54) is 0 Å². The van der Waals surface area contributed by atoms with Crippen molar-refractivity contribution in [3.8, 4) is 0 Å².